The second kappa shape index (κ2) is 6.76. The zero-order chi connectivity index (χ0) is 15.3. The van der Waals surface area contributed by atoms with Crippen molar-refractivity contribution in [1.82, 2.24) is 9.55 Å². The van der Waals surface area contributed by atoms with Crippen molar-refractivity contribution in [2.24, 2.45) is 0 Å². The molecule has 21 heavy (non-hydrogen) atoms. The Morgan fingerprint density at radius 2 is 1.95 bits per heavy atom. The zero-order valence-electron chi connectivity index (χ0n) is 13.0. The third-order valence-corrected chi connectivity index (χ3v) is 3.09. The lowest BCUT2D eigenvalue weighted by molar-refractivity contribution is 0.131. The molecule has 1 aromatic carbocycles. The topological polar surface area (TPSA) is 47.3 Å². The van der Waals surface area contributed by atoms with Crippen LogP contribution in [0.4, 0.5) is 0 Å². The van der Waals surface area contributed by atoms with E-state index in [2.05, 4.69) is 17.1 Å². The van der Waals surface area contributed by atoms with Gasteiger partial charge in [0.05, 0.1) is 12.4 Å². The fourth-order valence-electron chi connectivity index (χ4n) is 2.14. The van der Waals surface area contributed by atoms with Crippen LogP contribution in [-0.2, 0) is 13.0 Å². The standard InChI is InChI=1S/C17H24N2O2/c1-17(2,3)21-16-8-5-14(6-9-16)4-7-15(20)12-19-11-10-18-13-19/h5-6,8-11,13,15,20H,4,7,12H2,1-3H3. The van der Waals surface area contributed by atoms with Crippen molar-refractivity contribution in [2.45, 2.75) is 51.9 Å². The fourth-order valence-corrected chi connectivity index (χ4v) is 2.14. The summed E-state index contributed by atoms with van der Waals surface area (Å²) >= 11 is 0. The van der Waals surface area contributed by atoms with Crippen LogP contribution in [0.5, 0.6) is 5.75 Å². The summed E-state index contributed by atoms with van der Waals surface area (Å²) in [7, 11) is 0. The molecule has 4 nitrogen and oxygen atoms in total. The molecule has 1 aromatic heterocycles. The lowest BCUT2D eigenvalue weighted by Crippen LogP contribution is -2.22. The van der Waals surface area contributed by atoms with Crippen LogP contribution < -0.4 is 4.74 Å². The zero-order valence-corrected chi connectivity index (χ0v) is 13.0. The van der Waals surface area contributed by atoms with E-state index in [9.17, 15) is 5.11 Å². The van der Waals surface area contributed by atoms with Crippen molar-refractivity contribution < 1.29 is 9.84 Å². The fraction of sp³-hybridized carbons (Fsp3) is 0.471. The molecular formula is C17H24N2O2. The summed E-state index contributed by atoms with van der Waals surface area (Å²) < 4.78 is 7.69. The molecule has 0 aliphatic rings. The molecule has 114 valence electrons. The van der Waals surface area contributed by atoms with E-state index >= 15 is 0 Å². The molecule has 2 aromatic rings. The number of hydrogen-bond acceptors (Lipinski definition) is 3. The first-order valence-electron chi connectivity index (χ1n) is 7.34. The minimum atomic E-state index is -0.357. The van der Waals surface area contributed by atoms with Gasteiger partial charge in [0.1, 0.15) is 11.4 Å². The Morgan fingerprint density at radius 3 is 2.52 bits per heavy atom. The first kappa shape index (κ1) is 15.6. The van der Waals surface area contributed by atoms with E-state index in [0.717, 1.165) is 18.6 Å². The molecule has 2 rings (SSSR count). The van der Waals surface area contributed by atoms with Gasteiger partial charge in [0, 0.05) is 18.9 Å². The molecule has 0 saturated heterocycles. The lowest BCUT2D eigenvalue weighted by atomic mass is 10.1. The number of hydrogen-bond donors (Lipinski definition) is 1. The minimum Gasteiger partial charge on any atom is -0.488 e. The van der Waals surface area contributed by atoms with E-state index in [4.69, 9.17) is 4.74 Å². The van der Waals surface area contributed by atoms with Crippen molar-refractivity contribution in [1.29, 1.82) is 0 Å². The van der Waals surface area contributed by atoms with Crippen molar-refractivity contribution in [2.75, 3.05) is 0 Å². The number of ether oxygens (including phenoxy) is 1. The molecule has 1 N–H and O–H groups in total. The van der Waals surface area contributed by atoms with Gasteiger partial charge >= 0.3 is 0 Å². The van der Waals surface area contributed by atoms with E-state index in [1.165, 1.54) is 5.56 Å². The second-order valence-electron chi connectivity index (χ2n) is 6.31. The molecule has 0 fully saturated rings. The van der Waals surface area contributed by atoms with Crippen LogP contribution in [0.25, 0.3) is 0 Å². The molecule has 0 amide bonds. The smallest absolute Gasteiger partial charge is 0.120 e. The van der Waals surface area contributed by atoms with E-state index in [1.54, 1.807) is 12.5 Å². The summed E-state index contributed by atoms with van der Waals surface area (Å²) in [6.07, 6.45) is 6.54. The second-order valence-corrected chi connectivity index (χ2v) is 6.31. The summed E-state index contributed by atoms with van der Waals surface area (Å²) in [5, 5.41) is 10.0. The van der Waals surface area contributed by atoms with Crippen molar-refractivity contribution in [3.8, 4) is 5.75 Å². The normalized spacial score (nSPS) is 13.1. The Bertz CT molecular complexity index is 527. The van der Waals surface area contributed by atoms with Gasteiger partial charge in [0.25, 0.3) is 0 Å². The van der Waals surface area contributed by atoms with Crippen molar-refractivity contribution in [3.05, 3.63) is 48.5 Å². The predicted molar refractivity (Wildman–Crippen MR) is 83.4 cm³/mol. The highest BCUT2D eigenvalue weighted by Gasteiger charge is 2.11. The number of aliphatic hydroxyl groups excluding tert-OH is 1. The first-order chi connectivity index (χ1) is 9.92. The molecule has 1 unspecified atom stereocenters. The van der Waals surface area contributed by atoms with E-state index in [0.29, 0.717) is 6.54 Å². The average molecular weight is 288 g/mol. The van der Waals surface area contributed by atoms with E-state index in [-0.39, 0.29) is 11.7 Å². The molecule has 4 heteroatoms. The Labute approximate surface area is 126 Å². The van der Waals surface area contributed by atoms with Gasteiger partial charge in [-0.25, -0.2) is 4.98 Å². The summed E-state index contributed by atoms with van der Waals surface area (Å²) in [6, 6.07) is 8.10. The Balaban J connectivity index is 1.80. The number of aromatic nitrogens is 2. The number of aryl methyl sites for hydroxylation is 1. The molecule has 0 bridgehead atoms. The number of aliphatic hydroxyl groups is 1. The Kier molecular flexibility index (Phi) is 5.02. The number of rotatable bonds is 6. The maximum atomic E-state index is 10.0. The molecule has 0 saturated carbocycles. The van der Waals surface area contributed by atoms with Gasteiger partial charge in [-0.1, -0.05) is 12.1 Å². The molecule has 1 atom stereocenters. The number of nitrogens with zero attached hydrogens (tertiary/aromatic N) is 2. The van der Waals surface area contributed by atoms with Gasteiger partial charge in [-0.3, -0.25) is 0 Å². The maximum Gasteiger partial charge on any atom is 0.120 e. The first-order valence-corrected chi connectivity index (χ1v) is 7.34. The molecule has 0 spiro atoms. The lowest BCUT2D eigenvalue weighted by Gasteiger charge is -2.21. The summed E-state index contributed by atoms with van der Waals surface area (Å²) in [5.41, 5.74) is 1.03. The van der Waals surface area contributed by atoms with Crippen LogP contribution >= 0.6 is 0 Å². The maximum absolute atomic E-state index is 10.0. The molecular weight excluding hydrogens is 264 g/mol. The molecule has 0 radical (unpaired) electrons. The van der Waals surface area contributed by atoms with Crippen molar-refractivity contribution in [3.63, 3.8) is 0 Å². The summed E-state index contributed by atoms with van der Waals surface area (Å²) in [5.74, 6) is 0.880. The van der Waals surface area contributed by atoms with Crippen LogP contribution in [0.2, 0.25) is 0 Å². The summed E-state index contributed by atoms with van der Waals surface area (Å²) in [4.78, 5) is 3.97. The summed E-state index contributed by atoms with van der Waals surface area (Å²) in [6.45, 7) is 6.69. The van der Waals surface area contributed by atoms with Gasteiger partial charge in [-0.2, -0.15) is 0 Å². The van der Waals surface area contributed by atoms with Gasteiger partial charge in [-0.15, -0.1) is 0 Å². The third-order valence-electron chi connectivity index (χ3n) is 3.09. The van der Waals surface area contributed by atoms with Crippen molar-refractivity contribution >= 4 is 0 Å². The highest BCUT2D eigenvalue weighted by atomic mass is 16.5. The van der Waals surface area contributed by atoms with Crippen LogP contribution in [-0.4, -0.2) is 26.4 Å². The number of benzene rings is 1. The van der Waals surface area contributed by atoms with E-state index in [1.807, 2.05) is 43.7 Å². The average Bonchev–Trinajstić information content (AvgIpc) is 2.89. The molecule has 1 heterocycles. The highest BCUT2D eigenvalue weighted by Crippen LogP contribution is 2.19. The quantitative estimate of drug-likeness (QED) is 0.888. The monoisotopic (exact) mass is 288 g/mol. The van der Waals surface area contributed by atoms with Gasteiger partial charge in [0.2, 0.25) is 0 Å². The van der Waals surface area contributed by atoms with Crippen LogP contribution in [0.1, 0.15) is 32.8 Å². The Morgan fingerprint density at radius 1 is 1.24 bits per heavy atom. The van der Waals surface area contributed by atoms with Crippen LogP contribution in [0.15, 0.2) is 43.0 Å². The van der Waals surface area contributed by atoms with Gasteiger partial charge < -0.3 is 14.4 Å². The minimum absolute atomic E-state index is 0.178. The SMILES string of the molecule is CC(C)(C)Oc1ccc(CCC(O)Cn2ccnc2)cc1. The van der Waals surface area contributed by atoms with E-state index < -0.39 is 0 Å². The van der Waals surface area contributed by atoms with Gasteiger partial charge in [-0.05, 0) is 51.3 Å². The van der Waals surface area contributed by atoms with Gasteiger partial charge in [0.15, 0.2) is 0 Å². The number of imidazole rings is 1. The molecule has 0 aliphatic heterocycles. The Hall–Kier alpha value is -1.81. The van der Waals surface area contributed by atoms with Crippen LogP contribution in [0, 0.1) is 0 Å². The third kappa shape index (κ3) is 5.60. The largest absolute Gasteiger partial charge is 0.488 e. The van der Waals surface area contributed by atoms with Crippen LogP contribution in [0.3, 0.4) is 0 Å². The highest BCUT2D eigenvalue weighted by molar-refractivity contribution is 5.27. The molecule has 0 aliphatic carbocycles. The predicted octanol–water partition coefficient (Wildman–Crippen LogP) is 3.05.